The van der Waals surface area contributed by atoms with Gasteiger partial charge in [0.15, 0.2) is 5.65 Å². The zero-order valence-corrected chi connectivity index (χ0v) is 16.0. The van der Waals surface area contributed by atoms with E-state index in [1.807, 2.05) is 6.07 Å². The molecule has 30 heavy (non-hydrogen) atoms. The van der Waals surface area contributed by atoms with Crippen LogP contribution in [0.4, 0.5) is 4.39 Å². The molecule has 0 atom stereocenters. The van der Waals surface area contributed by atoms with Crippen LogP contribution in [-0.2, 0) is 19.3 Å². The maximum Gasteiger partial charge on any atom is 0.249 e. The largest absolute Gasteiger partial charge is 0.493 e. The number of ether oxygens (including phenoxy) is 1. The van der Waals surface area contributed by atoms with E-state index in [-0.39, 0.29) is 5.82 Å². The van der Waals surface area contributed by atoms with E-state index in [0.717, 1.165) is 11.3 Å². The standard InChI is InChI=1S/C22H18FN5O2/c23-18-6-7-19-15(9-10-30-19)14(18)5-8-20-25-11-17(22-27-26-12-28(20)22)13-3-1-2-4-16(13)21(24)29/h1-4,6-7,11-12H,5,8-10H2,(H2,24,29). The molecule has 7 nitrogen and oxygen atoms in total. The molecule has 0 fully saturated rings. The van der Waals surface area contributed by atoms with Crippen LogP contribution in [0, 0.1) is 5.82 Å². The van der Waals surface area contributed by atoms with Crippen molar-refractivity contribution in [1.29, 1.82) is 0 Å². The van der Waals surface area contributed by atoms with Crippen LogP contribution in [-0.4, -0.2) is 32.1 Å². The van der Waals surface area contributed by atoms with Gasteiger partial charge in [0, 0.05) is 35.7 Å². The highest BCUT2D eigenvalue weighted by Crippen LogP contribution is 2.31. The number of aryl methyl sites for hydroxylation is 1. The molecule has 0 bridgehead atoms. The molecule has 0 saturated carbocycles. The van der Waals surface area contributed by atoms with Crippen LogP contribution in [0.25, 0.3) is 16.8 Å². The minimum Gasteiger partial charge on any atom is -0.493 e. The van der Waals surface area contributed by atoms with Gasteiger partial charge in [-0.25, -0.2) is 9.37 Å². The third-order valence-corrected chi connectivity index (χ3v) is 5.43. The van der Waals surface area contributed by atoms with Crippen LogP contribution >= 0.6 is 0 Å². The van der Waals surface area contributed by atoms with E-state index in [0.29, 0.717) is 59.6 Å². The summed E-state index contributed by atoms with van der Waals surface area (Å²) in [6.45, 7) is 0.577. The number of aromatic nitrogens is 4. The van der Waals surface area contributed by atoms with E-state index < -0.39 is 5.91 Å². The number of benzene rings is 2. The van der Waals surface area contributed by atoms with Crippen molar-refractivity contribution >= 4 is 11.6 Å². The number of fused-ring (bicyclic) bond motifs is 2. The number of primary amides is 1. The monoisotopic (exact) mass is 403 g/mol. The van der Waals surface area contributed by atoms with Crippen LogP contribution in [0.3, 0.4) is 0 Å². The predicted molar refractivity (Wildman–Crippen MR) is 108 cm³/mol. The molecule has 0 radical (unpaired) electrons. The summed E-state index contributed by atoms with van der Waals surface area (Å²) >= 11 is 0. The van der Waals surface area contributed by atoms with Gasteiger partial charge in [-0.3, -0.25) is 9.20 Å². The minimum absolute atomic E-state index is 0.230. The van der Waals surface area contributed by atoms with E-state index in [1.54, 1.807) is 41.2 Å². The molecule has 0 aliphatic carbocycles. The van der Waals surface area contributed by atoms with Crippen molar-refractivity contribution in [3.05, 3.63) is 77.3 Å². The van der Waals surface area contributed by atoms with Crippen LogP contribution in [0.15, 0.2) is 48.9 Å². The summed E-state index contributed by atoms with van der Waals surface area (Å²) in [5.41, 5.74) is 9.38. The van der Waals surface area contributed by atoms with Crippen LogP contribution < -0.4 is 10.5 Å². The van der Waals surface area contributed by atoms with Crippen molar-refractivity contribution in [2.75, 3.05) is 6.61 Å². The van der Waals surface area contributed by atoms with E-state index in [1.165, 1.54) is 6.07 Å². The fraction of sp³-hybridized carbons (Fsp3) is 0.182. The van der Waals surface area contributed by atoms with Crippen molar-refractivity contribution in [3.8, 4) is 16.9 Å². The Morgan fingerprint density at radius 2 is 2.03 bits per heavy atom. The number of halogens is 1. The third kappa shape index (κ3) is 2.97. The second kappa shape index (κ2) is 7.22. The molecule has 2 aromatic carbocycles. The Labute approximate surface area is 171 Å². The molecule has 0 spiro atoms. The van der Waals surface area contributed by atoms with Crippen LogP contribution in [0.5, 0.6) is 5.75 Å². The molecule has 0 saturated heterocycles. The molecule has 2 N–H and O–H groups in total. The highest BCUT2D eigenvalue weighted by molar-refractivity contribution is 6.01. The molecule has 1 amide bonds. The van der Waals surface area contributed by atoms with Gasteiger partial charge in [-0.15, -0.1) is 10.2 Å². The molecule has 2 aromatic heterocycles. The van der Waals surface area contributed by atoms with E-state index in [9.17, 15) is 9.18 Å². The minimum atomic E-state index is -0.525. The Bertz CT molecular complexity index is 1280. The smallest absolute Gasteiger partial charge is 0.249 e. The number of nitrogens with two attached hydrogens (primary N) is 1. The average Bonchev–Trinajstić information content (AvgIpc) is 3.42. The Kier molecular flexibility index (Phi) is 4.39. The SMILES string of the molecule is NC(=O)c1ccccc1-c1cnc(CCc2c(F)ccc3c2CCO3)n2cnnc12. The number of amides is 1. The van der Waals surface area contributed by atoms with Crippen molar-refractivity contribution < 1.29 is 13.9 Å². The molecule has 150 valence electrons. The van der Waals surface area contributed by atoms with Crippen LogP contribution in [0.1, 0.15) is 27.3 Å². The summed E-state index contributed by atoms with van der Waals surface area (Å²) < 4.78 is 21.8. The average molecular weight is 403 g/mol. The fourth-order valence-corrected chi connectivity index (χ4v) is 4.00. The van der Waals surface area contributed by atoms with Gasteiger partial charge in [-0.2, -0.15) is 0 Å². The molecule has 3 heterocycles. The lowest BCUT2D eigenvalue weighted by atomic mass is 9.99. The number of carbonyl (C=O) groups is 1. The molecular formula is C22H18FN5O2. The Balaban J connectivity index is 1.52. The normalized spacial score (nSPS) is 12.7. The second-order valence-electron chi connectivity index (χ2n) is 7.12. The topological polar surface area (TPSA) is 95.4 Å². The Hall–Kier alpha value is -3.81. The molecule has 1 aliphatic heterocycles. The molecule has 8 heteroatoms. The van der Waals surface area contributed by atoms with Gasteiger partial charge >= 0.3 is 0 Å². The number of hydrogen-bond donors (Lipinski definition) is 1. The van der Waals surface area contributed by atoms with Gasteiger partial charge in [0.2, 0.25) is 5.91 Å². The van der Waals surface area contributed by atoms with Crippen molar-refractivity contribution in [3.63, 3.8) is 0 Å². The number of rotatable bonds is 5. The van der Waals surface area contributed by atoms with E-state index >= 15 is 0 Å². The lowest BCUT2D eigenvalue weighted by Gasteiger charge is -2.11. The number of nitrogens with zero attached hydrogens (tertiary/aromatic N) is 4. The van der Waals surface area contributed by atoms with Gasteiger partial charge in [-0.05, 0) is 35.7 Å². The van der Waals surface area contributed by atoms with Gasteiger partial charge < -0.3 is 10.5 Å². The second-order valence-corrected chi connectivity index (χ2v) is 7.12. The van der Waals surface area contributed by atoms with Crippen molar-refractivity contribution in [2.45, 2.75) is 19.3 Å². The Morgan fingerprint density at radius 3 is 2.90 bits per heavy atom. The first-order valence-electron chi connectivity index (χ1n) is 9.63. The summed E-state index contributed by atoms with van der Waals surface area (Å²) in [6, 6.07) is 10.2. The quantitative estimate of drug-likeness (QED) is 0.553. The maximum absolute atomic E-state index is 14.5. The van der Waals surface area contributed by atoms with Crippen molar-refractivity contribution in [2.24, 2.45) is 5.73 Å². The molecule has 4 aromatic rings. The highest BCUT2D eigenvalue weighted by Gasteiger charge is 2.21. The van der Waals surface area contributed by atoms with Gasteiger partial charge in [0.05, 0.1) is 6.61 Å². The summed E-state index contributed by atoms with van der Waals surface area (Å²) in [5.74, 6) is 0.702. The Morgan fingerprint density at radius 1 is 1.17 bits per heavy atom. The summed E-state index contributed by atoms with van der Waals surface area (Å²) in [7, 11) is 0. The third-order valence-electron chi connectivity index (χ3n) is 5.43. The summed E-state index contributed by atoms with van der Waals surface area (Å²) in [6.07, 6.45) is 4.93. The number of hydrogen-bond acceptors (Lipinski definition) is 5. The van der Waals surface area contributed by atoms with Gasteiger partial charge in [-0.1, -0.05) is 18.2 Å². The van der Waals surface area contributed by atoms with Crippen molar-refractivity contribution in [1.82, 2.24) is 19.6 Å². The first-order valence-corrected chi connectivity index (χ1v) is 9.63. The van der Waals surface area contributed by atoms with Gasteiger partial charge in [0.25, 0.3) is 0 Å². The van der Waals surface area contributed by atoms with E-state index in [4.69, 9.17) is 10.5 Å². The zero-order chi connectivity index (χ0) is 20.7. The van der Waals surface area contributed by atoms with Gasteiger partial charge in [0.1, 0.15) is 23.7 Å². The first kappa shape index (κ1) is 18.2. The fourth-order valence-electron chi connectivity index (χ4n) is 4.00. The molecular weight excluding hydrogens is 385 g/mol. The number of carbonyl (C=O) groups excluding carboxylic acids is 1. The maximum atomic E-state index is 14.5. The van der Waals surface area contributed by atoms with Crippen LogP contribution in [0.2, 0.25) is 0 Å². The molecule has 5 rings (SSSR count). The summed E-state index contributed by atoms with van der Waals surface area (Å²) in [5, 5.41) is 8.23. The first-order chi connectivity index (χ1) is 14.6. The summed E-state index contributed by atoms with van der Waals surface area (Å²) in [4.78, 5) is 16.4. The lowest BCUT2D eigenvalue weighted by molar-refractivity contribution is 0.100. The lowest BCUT2D eigenvalue weighted by Crippen LogP contribution is -2.13. The molecule has 0 unspecified atom stereocenters. The predicted octanol–water partition coefficient (Wildman–Crippen LogP) is 2.75. The highest BCUT2D eigenvalue weighted by atomic mass is 19.1. The molecule has 1 aliphatic rings. The zero-order valence-electron chi connectivity index (χ0n) is 16.0. The van der Waals surface area contributed by atoms with E-state index in [2.05, 4.69) is 15.2 Å².